The summed E-state index contributed by atoms with van der Waals surface area (Å²) in [6, 6.07) is 16.9. The number of unbranched alkanes of at least 4 members (excludes halogenated alkanes) is 4. The fourth-order valence-electron chi connectivity index (χ4n) is 4.35. The number of nitrogens with zero attached hydrogens (tertiary/aromatic N) is 3. The third-order valence-corrected chi connectivity index (χ3v) is 6.57. The summed E-state index contributed by atoms with van der Waals surface area (Å²) in [5, 5.41) is 1.28. The Morgan fingerprint density at radius 3 is 2.15 bits per heavy atom. The Morgan fingerprint density at radius 2 is 1.52 bits per heavy atom. The van der Waals surface area contributed by atoms with Gasteiger partial charge in [-0.2, -0.15) is 0 Å². The van der Waals surface area contributed by atoms with E-state index in [-0.39, 0.29) is 18.6 Å². The molecule has 3 amide bonds. The number of hydrazine groups is 1. The number of nitrogens with one attached hydrogen (secondary N) is 1. The van der Waals surface area contributed by atoms with Crippen molar-refractivity contribution in [1.82, 2.24) is 15.3 Å². The Balaban J connectivity index is 1.50. The van der Waals surface area contributed by atoms with E-state index < -0.39 is 11.7 Å². The number of hydrogen-bond acceptors (Lipinski definition) is 6. The highest BCUT2D eigenvalue weighted by Crippen LogP contribution is 2.19. The fraction of sp³-hybridized carbons (Fsp3) is 0.516. The van der Waals surface area contributed by atoms with Crippen LogP contribution in [0.2, 0.25) is 0 Å². The number of carbonyl (C=O) groups is 3. The SMILES string of the molecule is CCCCCCCN(NC(=O)c1ccc(N2CCN(C(=O)OCc3ccccc3)CC2)cc1)C(=O)OC(C)(C)C. The molecule has 0 aliphatic carbocycles. The van der Waals surface area contributed by atoms with Gasteiger partial charge in [0.15, 0.2) is 0 Å². The minimum atomic E-state index is -0.660. The van der Waals surface area contributed by atoms with Crippen molar-refractivity contribution in [2.24, 2.45) is 0 Å². The Morgan fingerprint density at radius 1 is 0.875 bits per heavy atom. The summed E-state index contributed by atoms with van der Waals surface area (Å²) in [4.78, 5) is 42.1. The number of piperazine rings is 1. The molecule has 0 saturated carbocycles. The van der Waals surface area contributed by atoms with Gasteiger partial charge < -0.3 is 19.3 Å². The Labute approximate surface area is 238 Å². The topological polar surface area (TPSA) is 91.4 Å². The molecule has 0 atom stereocenters. The molecule has 40 heavy (non-hydrogen) atoms. The van der Waals surface area contributed by atoms with Gasteiger partial charge in [0.1, 0.15) is 12.2 Å². The third-order valence-electron chi connectivity index (χ3n) is 6.57. The second-order valence-corrected chi connectivity index (χ2v) is 11.0. The molecule has 0 bridgehead atoms. The predicted octanol–water partition coefficient (Wildman–Crippen LogP) is 6.00. The number of ether oxygens (including phenoxy) is 2. The zero-order valence-electron chi connectivity index (χ0n) is 24.4. The molecule has 1 fully saturated rings. The first kappa shape index (κ1) is 30.8. The zero-order chi connectivity index (χ0) is 29.0. The number of rotatable bonds is 10. The number of benzene rings is 2. The summed E-state index contributed by atoms with van der Waals surface area (Å²) < 4.78 is 11.0. The molecule has 0 aromatic heterocycles. The molecule has 0 radical (unpaired) electrons. The van der Waals surface area contributed by atoms with Gasteiger partial charge in [0, 0.05) is 44.0 Å². The van der Waals surface area contributed by atoms with Gasteiger partial charge in [0.05, 0.1) is 0 Å². The zero-order valence-corrected chi connectivity index (χ0v) is 24.4. The average Bonchev–Trinajstić information content (AvgIpc) is 2.95. The lowest BCUT2D eigenvalue weighted by atomic mass is 10.1. The van der Waals surface area contributed by atoms with E-state index >= 15 is 0 Å². The van der Waals surface area contributed by atoms with Gasteiger partial charge >= 0.3 is 12.2 Å². The minimum absolute atomic E-state index is 0.258. The molecule has 1 aliphatic heterocycles. The van der Waals surface area contributed by atoms with Crippen molar-refractivity contribution in [3.05, 3.63) is 65.7 Å². The van der Waals surface area contributed by atoms with Crippen molar-refractivity contribution in [2.45, 2.75) is 72.0 Å². The van der Waals surface area contributed by atoms with Crippen molar-refractivity contribution >= 4 is 23.8 Å². The van der Waals surface area contributed by atoms with E-state index in [1.807, 2.05) is 42.5 Å². The third kappa shape index (κ3) is 10.1. The van der Waals surface area contributed by atoms with Crippen molar-refractivity contribution in [2.75, 3.05) is 37.6 Å². The summed E-state index contributed by atoms with van der Waals surface area (Å²) >= 11 is 0. The van der Waals surface area contributed by atoms with Gasteiger partial charge in [-0.15, -0.1) is 0 Å². The van der Waals surface area contributed by atoms with E-state index in [0.717, 1.165) is 43.4 Å². The van der Waals surface area contributed by atoms with E-state index in [0.29, 0.717) is 38.3 Å². The molecular formula is C31H44N4O5. The maximum atomic E-state index is 13.0. The highest BCUT2D eigenvalue weighted by Gasteiger charge is 2.25. The second-order valence-electron chi connectivity index (χ2n) is 11.0. The summed E-state index contributed by atoms with van der Waals surface area (Å²) in [6.45, 7) is 10.6. The van der Waals surface area contributed by atoms with Crippen LogP contribution < -0.4 is 10.3 Å². The van der Waals surface area contributed by atoms with Crippen LogP contribution in [0.1, 0.15) is 75.7 Å². The molecule has 0 unspecified atom stereocenters. The number of amides is 3. The molecule has 2 aromatic carbocycles. The molecule has 218 valence electrons. The van der Waals surface area contributed by atoms with E-state index in [1.165, 1.54) is 5.01 Å². The van der Waals surface area contributed by atoms with Crippen LogP contribution in [-0.4, -0.2) is 66.3 Å². The molecule has 0 spiro atoms. The Kier molecular flexibility index (Phi) is 11.7. The van der Waals surface area contributed by atoms with Crippen molar-refractivity contribution < 1.29 is 23.9 Å². The molecule has 1 saturated heterocycles. The van der Waals surface area contributed by atoms with Crippen molar-refractivity contribution in [1.29, 1.82) is 0 Å². The molecular weight excluding hydrogens is 508 g/mol. The van der Waals surface area contributed by atoms with Crippen LogP contribution in [0, 0.1) is 0 Å². The highest BCUT2D eigenvalue weighted by molar-refractivity contribution is 5.95. The van der Waals surface area contributed by atoms with Crippen LogP contribution in [0.15, 0.2) is 54.6 Å². The average molecular weight is 553 g/mol. The summed E-state index contributed by atoms with van der Waals surface area (Å²) in [5.41, 5.74) is 4.45. The van der Waals surface area contributed by atoms with Crippen LogP contribution >= 0.6 is 0 Å². The van der Waals surface area contributed by atoms with E-state index in [1.54, 1.807) is 37.8 Å². The monoisotopic (exact) mass is 552 g/mol. The lowest BCUT2D eigenvalue weighted by Gasteiger charge is -2.35. The van der Waals surface area contributed by atoms with Crippen LogP contribution in [0.5, 0.6) is 0 Å². The fourth-order valence-corrected chi connectivity index (χ4v) is 4.35. The van der Waals surface area contributed by atoms with E-state index in [9.17, 15) is 14.4 Å². The lowest BCUT2D eigenvalue weighted by molar-refractivity contribution is 0.0129. The normalized spacial score (nSPS) is 13.5. The predicted molar refractivity (Wildman–Crippen MR) is 156 cm³/mol. The van der Waals surface area contributed by atoms with E-state index in [4.69, 9.17) is 9.47 Å². The van der Waals surface area contributed by atoms with Crippen molar-refractivity contribution in [3.8, 4) is 0 Å². The van der Waals surface area contributed by atoms with Crippen LogP contribution in [0.25, 0.3) is 0 Å². The van der Waals surface area contributed by atoms with E-state index in [2.05, 4.69) is 17.2 Å². The Bertz CT molecular complexity index is 1080. The summed E-state index contributed by atoms with van der Waals surface area (Å²) in [5.74, 6) is -0.364. The van der Waals surface area contributed by atoms with Gasteiger partial charge in [-0.3, -0.25) is 10.2 Å². The minimum Gasteiger partial charge on any atom is -0.445 e. The second kappa shape index (κ2) is 15.1. The molecule has 1 heterocycles. The smallest absolute Gasteiger partial charge is 0.429 e. The van der Waals surface area contributed by atoms with Gasteiger partial charge in [-0.25, -0.2) is 14.6 Å². The van der Waals surface area contributed by atoms with Crippen molar-refractivity contribution in [3.63, 3.8) is 0 Å². The van der Waals surface area contributed by atoms with Crippen LogP contribution in [0.3, 0.4) is 0 Å². The number of anilines is 1. The first-order chi connectivity index (χ1) is 19.2. The maximum absolute atomic E-state index is 13.0. The number of carbonyl (C=O) groups excluding carboxylic acids is 3. The molecule has 1 N–H and O–H groups in total. The first-order valence-corrected chi connectivity index (χ1v) is 14.3. The molecule has 3 rings (SSSR count). The molecule has 9 heteroatoms. The molecule has 9 nitrogen and oxygen atoms in total. The van der Waals surface area contributed by atoms with Gasteiger partial charge in [-0.1, -0.05) is 62.9 Å². The largest absolute Gasteiger partial charge is 0.445 e. The highest BCUT2D eigenvalue weighted by atomic mass is 16.6. The Hall–Kier alpha value is -3.75. The van der Waals surface area contributed by atoms with Gasteiger partial charge in [0.25, 0.3) is 5.91 Å². The lowest BCUT2D eigenvalue weighted by Crippen LogP contribution is -2.49. The first-order valence-electron chi connectivity index (χ1n) is 14.3. The molecule has 2 aromatic rings. The summed E-state index contributed by atoms with van der Waals surface area (Å²) in [6.07, 6.45) is 4.28. The van der Waals surface area contributed by atoms with Gasteiger partial charge in [0.2, 0.25) is 0 Å². The maximum Gasteiger partial charge on any atom is 0.429 e. The van der Waals surface area contributed by atoms with Crippen LogP contribution in [0.4, 0.5) is 15.3 Å². The van der Waals surface area contributed by atoms with Gasteiger partial charge in [-0.05, 0) is 57.0 Å². The summed E-state index contributed by atoms with van der Waals surface area (Å²) in [7, 11) is 0. The standard InChI is InChI=1S/C31H44N4O5/c1-5-6-7-8-12-19-35(30(38)40-31(2,3)4)32-28(36)26-15-17-27(18-16-26)33-20-22-34(23-21-33)29(37)39-24-25-13-10-9-11-14-25/h9-11,13-18H,5-8,12,19-24H2,1-4H3,(H,32,36). The van der Waals surface area contributed by atoms with Crippen LogP contribution in [-0.2, 0) is 16.1 Å². The quantitative estimate of drug-likeness (QED) is 0.287. The molecule has 1 aliphatic rings. The number of hydrogen-bond donors (Lipinski definition) is 1.